The molecule has 0 aromatic heterocycles. The third-order valence-electron chi connectivity index (χ3n) is 5.76. The van der Waals surface area contributed by atoms with E-state index in [1.807, 2.05) is 31.2 Å². The number of carbonyl (C=O) groups excluding carboxylic acids is 1. The van der Waals surface area contributed by atoms with Crippen LogP contribution in [0.5, 0.6) is 11.5 Å². The van der Waals surface area contributed by atoms with Crippen molar-refractivity contribution in [3.63, 3.8) is 0 Å². The van der Waals surface area contributed by atoms with Crippen LogP contribution in [0.1, 0.15) is 39.7 Å². The van der Waals surface area contributed by atoms with Crippen molar-refractivity contribution in [3.05, 3.63) is 54.1 Å². The fourth-order valence-corrected chi connectivity index (χ4v) is 5.03. The molecule has 0 bridgehead atoms. The molecule has 8 nitrogen and oxygen atoms in total. The average Bonchev–Trinajstić information content (AvgIpc) is 2.85. The second-order valence-corrected chi connectivity index (χ2v) is 11.4. The lowest BCUT2D eigenvalue weighted by Crippen LogP contribution is -2.40. The Kier molecular flexibility index (Phi) is 9.15. The topological polar surface area (TPSA) is 94.2 Å². The summed E-state index contributed by atoms with van der Waals surface area (Å²) in [5, 5.41) is 2.84. The van der Waals surface area contributed by atoms with Crippen LogP contribution < -0.4 is 14.8 Å². The summed E-state index contributed by atoms with van der Waals surface area (Å²) >= 11 is 0. The first-order valence-corrected chi connectivity index (χ1v) is 13.4. The van der Waals surface area contributed by atoms with E-state index in [0.29, 0.717) is 50.8 Å². The highest BCUT2D eigenvalue weighted by molar-refractivity contribution is 7.89. The van der Waals surface area contributed by atoms with Gasteiger partial charge in [0.05, 0.1) is 24.7 Å². The van der Waals surface area contributed by atoms with Crippen LogP contribution in [0, 0.1) is 0 Å². The van der Waals surface area contributed by atoms with Crippen molar-refractivity contribution >= 4 is 15.9 Å². The van der Waals surface area contributed by atoms with Crippen molar-refractivity contribution in [1.29, 1.82) is 0 Å². The van der Waals surface area contributed by atoms with Crippen LogP contribution in [0.2, 0.25) is 0 Å². The molecule has 9 heteroatoms. The van der Waals surface area contributed by atoms with E-state index in [-0.39, 0.29) is 22.8 Å². The predicted molar refractivity (Wildman–Crippen MR) is 134 cm³/mol. The number of benzene rings is 2. The van der Waals surface area contributed by atoms with Gasteiger partial charge in [0.2, 0.25) is 10.0 Å². The fraction of sp³-hybridized carbons (Fsp3) is 0.500. The molecule has 1 aliphatic rings. The molecule has 1 unspecified atom stereocenters. The van der Waals surface area contributed by atoms with E-state index in [2.05, 4.69) is 26.1 Å². The lowest BCUT2D eigenvalue weighted by atomic mass is 9.87. The molecule has 1 N–H and O–H groups in total. The van der Waals surface area contributed by atoms with Crippen LogP contribution in [0.25, 0.3) is 0 Å². The maximum atomic E-state index is 12.7. The quantitative estimate of drug-likeness (QED) is 0.499. The van der Waals surface area contributed by atoms with E-state index in [1.165, 1.54) is 22.0 Å². The van der Waals surface area contributed by atoms with Gasteiger partial charge in [-0.2, -0.15) is 4.31 Å². The smallest absolute Gasteiger partial charge is 0.261 e. The minimum Gasteiger partial charge on any atom is -0.492 e. The van der Waals surface area contributed by atoms with Gasteiger partial charge >= 0.3 is 0 Å². The summed E-state index contributed by atoms with van der Waals surface area (Å²) < 4.78 is 43.6. The minimum absolute atomic E-state index is 0.0530. The molecule has 1 heterocycles. The first-order chi connectivity index (χ1) is 16.6. The summed E-state index contributed by atoms with van der Waals surface area (Å²) in [7, 11) is -3.54. The van der Waals surface area contributed by atoms with Crippen LogP contribution in [-0.4, -0.2) is 64.2 Å². The number of nitrogens with zero attached hydrogens (tertiary/aromatic N) is 1. The highest BCUT2D eigenvalue weighted by Gasteiger charge is 2.26. The molecule has 0 spiro atoms. The molecule has 1 fully saturated rings. The van der Waals surface area contributed by atoms with Crippen molar-refractivity contribution in [3.8, 4) is 11.5 Å². The van der Waals surface area contributed by atoms with Crippen LogP contribution in [-0.2, 0) is 25.0 Å². The monoisotopic (exact) mass is 504 g/mol. The molecule has 0 saturated carbocycles. The van der Waals surface area contributed by atoms with Crippen molar-refractivity contribution in [2.24, 2.45) is 0 Å². The van der Waals surface area contributed by atoms with Crippen molar-refractivity contribution in [1.82, 2.24) is 9.62 Å². The lowest BCUT2D eigenvalue weighted by molar-refractivity contribution is -0.128. The molecule has 2 aromatic carbocycles. The number of carbonyl (C=O) groups is 1. The molecule has 1 aliphatic heterocycles. The molecule has 2 aromatic rings. The molecule has 3 rings (SSSR count). The molecule has 35 heavy (non-hydrogen) atoms. The van der Waals surface area contributed by atoms with E-state index in [9.17, 15) is 13.2 Å². The summed E-state index contributed by atoms with van der Waals surface area (Å²) in [5.41, 5.74) is 1.25. The largest absolute Gasteiger partial charge is 0.492 e. The molecule has 1 atom stereocenters. The molecular formula is C26H36N2O6S. The Bertz CT molecular complexity index is 1060. The highest BCUT2D eigenvalue weighted by Crippen LogP contribution is 2.25. The van der Waals surface area contributed by atoms with E-state index >= 15 is 0 Å². The van der Waals surface area contributed by atoms with Crippen LogP contribution in [0.15, 0.2) is 53.4 Å². The van der Waals surface area contributed by atoms with Gasteiger partial charge in [0.1, 0.15) is 18.1 Å². The van der Waals surface area contributed by atoms with E-state index in [4.69, 9.17) is 14.2 Å². The standard InChI is InChI=1S/C26H36N2O6S/c1-5-24(34-22-8-6-20(7-9-22)26(2,3)4)25(29)27-14-17-33-21-10-12-23(13-11-21)35(30,31)28-15-18-32-19-16-28/h6-13,24H,5,14-19H2,1-4H3,(H,27,29). The second-order valence-electron chi connectivity index (χ2n) is 9.42. The number of amides is 1. The Morgan fingerprint density at radius 3 is 2.20 bits per heavy atom. The molecule has 0 aliphatic carbocycles. The molecule has 192 valence electrons. The van der Waals surface area contributed by atoms with Gasteiger partial charge in [-0.15, -0.1) is 0 Å². The van der Waals surface area contributed by atoms with Gasteiger partial charge in [-0.05, 0) is 53.8 Å². The number of morpholine rings is 1. The van der Waals surface area contributed by atoms with Gasteiger partial charge in [-0.3, -0.25) is 4.79 Å². The number of ether oxygens (including phenoxy) is 3. The van der Waals surface area contributed by atoms with Crippen molar-refractivity contribution in [2.45, 2.75) is 50.5 Å². The predicted octanol–water partition coefficient (Wildman–Crippen LogP) is 3.36. The van der Waals surface area contributed by atoms with Gasteiger partial charge in [0, 0.05) is 13.1 Å². The normalized spacial score (nSPS) is 15.9. The van der Waals surface area contributed by atoms with Crippen LogP contribution in [0.4, 0.5) is 0 Å². The summed E-state index contributed by atoms with van der Waals surface area (Å²) in [4.78, 5) is 12.8. The summed E-state index contributed by atoms with van der Waals surface area (Å²) in [6.45, 7) is 10.4. The number of sulfonamides is 1. The Hall–Kier alpha value is -2.62. The second kappa shape index (κ2) is 11.9. The number of rotatable bonds is 10. The SMILES string of the molecule is CCC(Oc1ccc(C(C)(C)C)cc1)C(=O)NCCOc1ccc(S(=O)(=O)N2CCOCC2)cc1. The summed E-state index contributed by atoms with van der Waals surface area (Å²) in [6.07, 6.45) is -0.0626. The molecular weight excluding hydrogens is 468 g/mol. The van der Waals surface area contributed by atoms with Crippen molar-refractivity contribution in [2.75, 3.05) is 39.5 Å². The van der Waals surface area contributed by atoms with Crippen molar-refractivity contribution < 1.29 is 27.4 Å². The Balaban J connectivity index is 1.45. The number of hydrogen-bond donors (Lipinski definition) is 1. The van der Waals surface area contributed by atoms with Gasteiger partial charge in [0.25, 0.3) is 5.91 Å². The summed E-state index contributed by atoms with van der Waals surface area (Å²) in [6, 6.07) is 14.1. The number of hydrogen-bond acceptors (Lipinski definition) is 6. The Morgan fingerprint density at radius 1 is 1.03 bits per heavy atom. The fourth-order valence-electron chi connectivity index (χ4n) is 3.62. The summed E-state index contributed by atoms with van der Waals surface area (Å²) in [5.74, 6) is 0.980. The van der Waals surface area contributed by atoms with Gasteiger partial charge < -0.3 is 19.5 Å². The molecule has 0 radical (unpaired) electrons. The van der Waals surface area contributed by atoms with Gasteiger partial charge in [-0.1, -0.05) is 39.8 Å². The van der Waals surface area contributed by atoms with E-state index in [1.54, 1.807) is 12.1 Å². The van der Waals surface area contributed by atoms with Gasteiger partial charge in [0.15, 0.2) is 6.10 Å². The van der Waals surface area contributed by atoms with Crippen LogP contribution >= 0.6 is 0 Å². The third kappa shape index (κ3) is 7.43. The highest BCUT2D eigenvalue weighted by atomic mass is 32.2. The minimum atomic E-state index is -3.54. The zero-order valence-electron chi connectivity index (χ0n) is 21.0. The van der Waals surface area contributed by atoms with E-state index < -0.39 is 16.1 Å². The van der Waals surface area contributed by atoms with Crippen LogP contribution in [0.3, 0.4) is 0 Å². The van der Waals surface area contributed by atoms with E-state index in [0.717, 1.165) is 0 Å². The molecule has 1 saturated heterocycles. The lowest BCUT2D eigenvalue weighted by Gasteiger charge is -2.26. The zero-order valence-corrected chi connectivity index (χ0v) is 21.8. The maximum Gasteiger partial charge on any atom is 0.261 e. The number of nitrogens with one attached hydrogen (secondary N) is 1. The molecule has 1 amide bonds. The Labute approximate surface area is 208 Å². The first kappa shape index (κ1) is 27.0. The Morgan fingerprint density at radius 2 is 1.63 bits per heavy atom. The third-order valence-corrected chi connectivity index (χ3v) is 7.68. The zero-order chi connectivity index (χ0) is 25.5. The average molecular weight is 505 g/mol. The van der Waals surface area contributed by atoms with Gasteiger partial charge in [-0.25, -0.2) is 8.42 Å². The first-order valence-electron chi connectivity index (χ1n) is 12.0. The maximum absolute atomic E-state index is 12.7.